The van der Waals surface area contributed by atoms with Crippen molar-refractivity contribution in [2.75, 3.05) is 11.9 Å². The first-order valence-corrected chi connectivity index (χ1v) is 7.53. The highest BCUT2D eigenvalue weighted by molar-refractivity contribution is 5.89. The van der Waals surface area contributed by atoms with Crippen molar-refractivity contribution in [3.63, 3.8) is 0 Å². The lowest BCUT2D eigenvalue weighted by atomic mass is 10.0. The summed E-state index contributed by atoms with van der Waals surface area (Å²) in [6.45, 7) is 2.71. The van der Waals surface area contributed by atoms with Crippen LogP contribution in [-0.2, 0) is 0 Å². The predicted octanol–water partition coefficient (Wildman–Crippen LogP) is 4.50. The van der Waals surface area contributed by atoms with Gasteiger partial charge in [-0.15, -0.1) is 0 Å². The SMILES string of the molecule is Cc1cccc(NC(=O)N2CCC[C@H]2c2ccc(F)cc2)c1. The number of hydrogen-bond acceptors (Lipinski definition) is 1. The molecule has 0 aliphatic carbocycles. The summed E-state index contributed by atoms with van der Waals surface area (Å²) in [5.74, 6) is -0.252. The van der Waals surface area contributed by atoms with E-state index in [2.05, 4.69) is 5.32 Å². The Hall–Kier alpha value is -2.36. The molecule has 1 N–H and O–H groups in total. The van der Waals surface area contributed by atoms with E-state index in [1.54, 1.807) is 12.1 Å². The lowest BCUT2D eigenvalue weighted by molar-refractivity contribution is 0.207. The summed E-state index contributed by atoms with van der Waals surface area (Å²) in [5.41, 5.74) is 2.89. The predicted molar refractivity (Wildman–Crippen MR) is 85.3 cm³/mol. The maximum atomic E-state index is 13.1. The van der Waals surface area contributed by atoms with Crippen LogP contribution in [0.4, 0.5) is 14.9 Å². The number of nitrogens with one attached hydrogen (secondary N) is 1. The van der Waals surface area contributed by atoms with E-state index < -0.39 is 0 Å². The number of nitrogens with zero attached hydrogens (tertiary/aromatic N) is 1. The number of aryl methyl sites for hydroxylation is 1. The number of benzene rings is 2. The van der Waals surface area contributed by atoms with Gasteiger partial charge in [-0.3, -0.25) is 0 Å². The van der Waals surface area contributed by atoms with Crippen molar-refractivity contribution in [3.8, 4) is 0 Å². The van der Waals surface area contributed by atoms with Crippen molar-refractivity contribution in [2.45, 2.75) is 25.8 Å². The minimum Gasteiger partial charge on any atom is -0.317 e. The van der Waals surface area contributed by atoms with Crippen LogP contribution in [0.2, 0.25) is 0 Å². The van der Waals surface area contributed by atoms with E-state index in [1.807, 2.05) is 36.1 Å². The molecule has 114 valence electrons. The molecule has 2 aromatic rings. The van der Waals surface area contributed by atoms with Crippen LogP contribution in [-0.4, -0.2) is 17.5 Å². The second kappa shape index (κ2) is 6.18. The van der Waals surface area contributed by atoms with Gasteiger partial charge in [0.15, 0.2) is 0 Å². The number of anilines is 1. The molecule has 0 unspecified atom stereocenters. The fourth-order valence-electron chi connectivity index (χ4n) is 2.96. The van der Waals surface area contributed by atoms with Crippen LogP contribution >= 0.6 is 0 Å². The van der Waals surface area contributed by atoms with Crippen molar-refractivity contribution >= 4 is 11.7 Å². The van der Waals surface area contributed by atoms with E-state index in [4.69, 9.17) is 0 Å². The molecule has 0 spiro atoms. The van der Waals surface area contributed by atoms with Gasteiger partial charge in [-0.25, -0.2) is 9.18 Å². The van der Waals surface area contributed by atoms with Gasteiger partial charge in [-0.2, -0.15) is 0 Å². The van der Waals surface area contributed by atoms with E-state index in [0.29, 0.717) is 0 Å². The molecule has 1 heterocycles. The Balaban J connectivity index is 1.75. The normalized spacial score (nSPS) is 17.5. The van der Waals surface area contributed by atoms with Crippen LogP contribution < -0.4 is 5.32 Å². The number of likely N-dealkylation sites (tertiary alicyclic amines) is 1. The number of halogens is 1. The Morgan fingerprint density at radius 3 is 2.73 bits per heavy atom. The molecule has 4 heteroatoms. The molecule has 2 amide bonds. The standard InChI is InChI=1S/C18H19FN2O/c1-13-4-2-5-16(12-13)20-18(22)21-11-3-6-17(21)14-7-9-15(19)10-8-14/h2,4-5,7-10,12,17H,3,6,11H2,1H3,(H,20,22)/t17-/m0/s1. The van der Waals surface area contributed by atoms with E-state index in [9.17, 15) is 9.18 Å². The Bertz CT molecular complexity index is 669. The molecular formula is C18H19FN2O. The highest BCUT2D eigenvalue weighted by Crippen LogP contribution is 2.32. The maximum absolute atomic E-state index is 13.1. The average Bonchev–Trinajstić information content (AvgIpc) is 2.97. The molecule has 1 aliphatic heterocycles. The molecule has 1 atom stereocenters. The average molecular weight is 298 g/mol. The summed E-state index contributed by atoms with van der Waals surface area (Å²) < 4.78 is 13.1. The summed E-state index contributed by atoms with van der Waals surface area (Å²) in [6, 6.07) is 14.1. The molecule has 22 heavy (non-hydrogen) atoms. The van der Waals surface area contributed by atoms with Crippen LogP contribution in [0.25, 0.3) is 0 Å². The third-order valence-corrected chi connectivity index (χ3v) is 4.04. The van der Waals surface area contributed by atoms with Gasteiger partial charge in [0.05, 0.1) is 6.04 Å². The Kier molecular flexibility index (Phi) is 4.09. The number of hydrogen-bond donors (Lipinski definition) is 1. The fraction of sp³-hybridized carbons (Fsp3) is 0.278. The van der Waals surface area contributed by atoms with E-state index in [1.165, 1.54) is 12.1 Å². The lowest BCUT2D eigenvalue weighted by Gasteiger charge is -2.25. The molecule has 0 radical (unpaired) electrons. The second-order valence-electron chi connectivity index (χ2n) is 5.70. The molecule has 3 rings (SSSR count). The number of carbonyl (C=O) groups is 1. The third-order valence-electron chi connectivity index (χ3n) is 4.04. The van der Waals surface area contributed by atoms with Gasteiger partial charge in [0.2, 0.25) is 0 Å². The number of urea groups is 1. The summed E-state index contributed by atoms with van der Waals surface area (Å²) in [4.78, 5) is 14.3. The van der Waals surface area contributed by atoms with Gasteiger partial charge in [0.1, 0.15) is 5.82 Å². The smallest absolute Gasteiger partial charge is 0.317 e. The third kappa shape index (κ3) is 3.11. The summed E-state index contributed by atoms with van der Waals surface area (Å²) in [7, 11) is 0. The van der Waals surface area contributed by atoms with Crippen LogP contribution in [0.1, 0.15) is 30.0 Å². The molecule has 1 fully saturated rings. The van der Waals surface area contributed by atoms with Gasteiger partial charge in [-0.1, -0.05) is 24.3 Å². The molecule has 2 aromatic carbocycles. The van der Waals surface area contributed by atoms with E-state index in [0.717, 1.165) is 36.2 Å². The zero-order valence-electron chi connectivity index (χ0n) is 12.6. The highest BCUT2D eigenvalue weighted by atomic mass is 19.1. The van der Waals surface area contributed by atoms with Crippen molar-refractivity contribution in [1.82, 2.24) is 4.90 Å². The summed E-state index contributed by atoms with van der Waals surface area (Å²) >= 11 is 0. The molecule has 3 nitrogen and oxygen atoms in total. The Labute approximate surface area is 129 Å². The first kappa shape index (κ1) is 14.6. The number of carbonyl (C=O) groups excluding carboxylic acids is 1. The lowest BCUT2D eigenvalue weighted by Crippen LogP contribution is -2.34. The largest absolute Gasteiger partial charge is 0.322 e. The van der Waals surface area contributed by atoms with Crippen molar-refractivity contribution in [3.05, 3.63) is 65.5 Å². The maximum Gasteiger partial charge on any atom is 0.322 e. The minimum absolute atomic E-state index is 0.0189. The molecule has 1 saturated heterocycles. The zero-order valence-corrected chi connectivity index (χ0v) is 12.6. The second-order valence-corrected chi connectivity index (χ2v) is 5.70. The Morgan fingerprint density at radius 2 is 2.00 bits per heavy atom. The van der Waals surface area contributed by atoms with Crippen LogP contribution in [0.5, 0.6) is 0 Å². The van der Waals surface area contributed by atoms with Crippen LogP contribution in [0.3, 0.4) is 0 Å². The monoisotopic (exact) mass is 298 g/mol. The number of amides is 2. The van der Waals surface area contributed by atoms with E-state index in [-0.39, 0.29) is 17.9 Å². The molecule has 0 bridgehead atoms. The van der Waals surface area contributed by atoms with Gasteiger partial charge in [0, 0.05) is 12.2 Å². The van der Waals surface area contributed by atoms with E-state index >= 15 is 0 Å². The molecule has 1 aliphatic rings. The number of rotatable bonds is 2. The van der Waals surface area contributed by atoms with Crippen LogP contribution in [0.15, 0.2) is 48.5 Å². The van der Waals surface area contributed by atoms with Gasteiger partial charge in [0.25, 0.3) is 0 Å². The highest BCUT2D eigenvalue weighted by Gasteiger charge is 2.29. The summed E-state index contributed by atoms with van der Waals surface area (Å²) in [5, 5.41) is 2.95. The molecular weight excluding hydrogens is 279 g/mol. The van der Waals surface area contributed by atoms with Gasteiger partial charge >= 0.3 is 6.03 Å². The van der Waals surface area contributed by atoms with Crippen molar-refractivity contribution in [2.24, 2.45) is 0 Å². The summed E-state index contributed by atoms with van der Waals surface area (Å²) in [6.07, 6.45) is 1.87. The van der Waals surface area contributed by atoms with Gasteiger partial charge in [-0.05, 0) is 55.2 Å². The molecule has 0 saturated carbocycles. The minimum atomic E-state index is -0.252. The first-order chi connectivity index (χ1) is 10.6. The Morgan fingerprint density at radius 1 is 1.23 bits per heavy atom. The molecule has 0 aromatic heterocycles. The zero-order chi connectivity index (χ0) is 15.5. The fourth-order valence-corrected chi connectivity index (χ4v) is 2.96. The van der Waals surface area contributed by atoms with Crippen molar-refractivity contribution < 1.29 is 9.18 Å². The van der Waals surface area contributed by atoms with Crippen molar-refractivity contribution in [1.29, 1.82) is 0 Å². The van der Waals surface area contributed by atoms with Crippen LogP contribution in [0, 0.1) is 12.7 Å². The first-order valence-electron chi connectivity index (χ1n) is 7.53. The quantitative estimate of drug-likeness (QED) is 0.869. The topological polar surface area (TPSA) is 32.3 Å². The van der Waals surface area contributed by atoms with Gasteiger partial charge < -0.3 is 10.2 Å².